The molecular formula is C22H14F2N8O2S. The Bertz CT molecular complexity index is 1760. The fourth-order valence-corrected chi connectivity index (χ4v) is 5.14. The molecule has 6 aromatic rings. The van der Waals surface area contributed by atoms with Gasteiger partial charge in [0.05, 0.1) is 12.1 Å². The maximum atomic E-state index is 13.6. The van der Waals surface area contributed by atoms with Gasteiger partial charge in [-0.2, -0.15) is 0 Å². The Morgan fingerprint density at radius 1 is 1.17 bits per heavy atom. The lowest BCUT2D eigenvalue weighted by molar-refractivity contribution is -0.389. The molecule has 1 aromatic carbocycles. The molecular weight excluding hydrogens is 478 g/mol. The molecule has 35 heavy (non-hydrogen) atoms. The highest BCUT2D eigenvalue weighted by Gasteiger charge is 2.22. The molecule has 0 aliphatic carbocycles. The van der Waals surface area contributed by atoms with Crippen LogP contribution in [0.25, 0.3) is 37.2 Å². The number of nitro groups is 1. The molecule has 0 amide bonds. The van der Waals surface area contributed by atoms with Gasteiger partial charge in [0.15, 0.2) is 11.5 Å². The van der Waals surface area contributed by atoms with Crippen molar-refractivity contribution < 1.29 is 13.7 Å². The van der Waals surface area contributed by atoms with E-state index in [-0.39, 0.29) is 18.1 Å². The van der Waals surface area contributed by atoms with Crippen LogP contribution in [0.3, 0.4) is 0 Å². The maximum Gasteiger partial charge on any atom is 0.381 e. The summed E-state index contributed by atoms with van der Waals surface area (Å²) in [5.41, 5.74) is 2.19. The maximum absolute atomic E-state index is 13.6. The minimum absolute atomic E-state index is 0.170. The van der Waals surface area contributed by atoms with Crippen LogP contribution >= 0.6 is 11.3 Å². The number of halogens is 2. The first kappa shape index (κ1) is 21.2. The van der Waals surface area contributed by atoms with Crippen LogP contribution in [0.5, 0.6) is 0 Å². The summed E-state index contributed by atoms with van der Waals surface area (Å²) in [6.45, 7) is 1.83. The summed E-state index contributed by atoms with van der Waals surface area (Å²) >= 11 is 1.22. The van der Waals surface area contributed by atoms with E-state index in [0.717, 1.165) is 5.56 Å². The molecule has 0 atom stereocenters. The predicted octanol–water partition coefficient (Wildman–Crippen LogP) is 4.95. The van der Waals surface area contributed by atoms with Crippen LogP contribution in [0.2, 0.25) is 0 Å². The van der Waals surface area contributed by atoms with Crippen LogP contribution in [-0.2, 0) is 6.54 Å². The van der Waals surface area contributed by atoms with Gasteiger partial charge in [0.25, 0.3) is 6.43 Å². The lowest BCUT2D eigenvalue weighted by Crippen LogP contribution is -2.02. The van der Waals surface area contributed by atoms with Gasteiger partial charge in [-0.15, -0.1) is 16.4 Å². The number of hydrogen-bond acceptors (Lipinski definition) is 8. The zero-order valence-corrected chi connectivity index (χ0v) is 18.8. The Morgan fingerprint density at radius 3 is 2.69 bits per heavy atom. The van der Waals surface area contributed by atoms with Gasteiger partial charge in [0, 0.05) is 12.3 Å². The number of aryl methyl sites for hydroxylation is 1. The summed E-state index contributed by atoms with van der Waals surface area (Å²) < 4.78 is 31.0. The lowest BCUT2D eigenvalue weighted by atomic mass is 10.0. The first-order valence-corrected chi connectivity index (χ1v) is 11.2. The first-order valence-electron chi connectivity index (χ1n) is 10.4. The topological polar surface area (TPSA) is 117 Å². The zero-order valence-electron chi connectivity index (χ0n) is 18.0. The van der Waals surface area contributed by atoms with Gasteiger partial charge in [-0.05, 0) is 27.1 Å². The van der Waals surface area contributed by atoms with E-state index in [4.69, 9.17) is 0 Å². The van der Waals surface area contributed by atoms with Crippen molar-refractivity contribution >= 4 is 43.2 Å². The predicted molar refractivity (Wildman–Crippen MR) is 125 cm³/mol. The van der Waals surface area contributed by atoms with Crippen LogP contribution in [0.15, 0.2) is 48.9 Å². The highest BCUT2D eigenvalue weighted by Crippen LogP contribution is 2.40. The fourth-order valence-electron chi connectivity index (χ4n) is 4.01. The van der Waals surface area contributed by atoms with E-state index in [2.05, 4.69) is 25.0 Å². The first-order chi connectivity index (χ1) is 16.9. The van der Waals surface area contributed by atoms with Crippen molar-refractivity contribution in [2.24, 2.45) is 0 Å². The number of fused-ring (bicyclic) bond motifs is 5. The Kier molecular flexibility index (Phi) is 4.74. The number of aromatic nitrogens is 7. The minimum Gasteiger partial charge on any atom is -0.358 e. The van der Waals surface area contributed by atoms with E-state index in [1.165, 1.54) is 34.4 Å². The minimum atomic E-state index is -2.72. The van der Waals surface area contributed by atoms with Crippen LogP contribution in [0.1, 0.15) is 23.8 Å². The van der Waals surface area contributed by atoms with Gasteiger partial charge in [-0.3, -0.25) is 0 Å². The van der Waals surface area contributed by atoms with Crippen molar-refractivity contribution in [2.75, 3.05) is 0 Å². The Labute approximate surface area is 198 Å². The number of pyridine rings is 1. The molecule has 5 aromatic heterocycles. The third kappa shape index (κ3) is 3.47. The molecule has 0 N–H and O–H groups in total. The van der Waals surface area contributed by atoms with Crippen molar-refractivity contribution in [1.29, 1.82) is 0 Å². The third-order valence-electron chi connectivity index (χ3n) is 5.60. The fraction of sp³-hybridized carbons (Fsp3) is 0.136. The lowest BCUT2D eigenvalue weighted by Gasteiger charge is -2.07. The molecule has 5 heterocycles. The van der Waals surface area contributed by atoms with Gasteiger partial charge in [-0.25, -0.2) is 28.2 Å². The molecule has 0 fully saturated rings. The standard InChI is InChI=1S/C22H14F2N8O2S/c1-11-26-16(32(33)34)9-30(11)8-15-28-21-19-18(25-10-31(21)29-15)17-13(12-5-3-2-4-6-12)7-14(20(23)24)27-22(17)35-19/h2-7,9-10,20H,8H2,1H3. The second kappa shape index (κ2) is 7.84. The van der Waals surface area contributed by atoms with E-state index in [1.807, 2.05) is 30.3 Å². The van der Waals surface area contributed by atoms with Gasteiger partial charge in [0.2, 0.25) is 5.82 Å². The second-order valence-corrected chi connectivity index (χ2v) is 8.79. The van der Waals surface area contributed by atoms with E-state index >= 15 is 0 Å². The van der Waals surface area contributed by atoms with Crippen molar-refractivity contribution in [2.45, 2.75) is 19.9 Å². The second-order valence-electron chi connectivity index (χ2n) is 7.79. The summed E-state index contributed by atoms with van der Waals surface area (Å²) in [6.07, 6.45) is 0.123. The Balaban J connectivity index is 1.54. The average molecular weight is 492 g/mol. The van der Waals surface area contributed by atoms with Crippen LogP contribution in [0.4, 0.5) is 14.6 Å². The Hall–Kier alpha value is -4.39. The summed E-state index contributed by atoms with van der Waals surface area (Å²) in [5.74, 6) is 0.600. The summed E-state index contributed by atoms with van der Waals surface area (Å²) in [4.78, 5) is 28.2. The van der Waals surface area contributed by atoms with Crippen molar-refractivity contribution in [3.63, 3.8) is 0 Å². The smallest absolute Gasteiger partial charge is 0.358 e. The number of alkyl halides is 2. The molecule has 10 nitrogen and oxygen atoms in total. The van der Waals surface area contributed by atoms with Crippen molar-refractivity contribution in [3.05, 3.63) is 76.4 Å². The molecule has 0 aliphatic heterocycles. The van der Waals surface area contributed by atoms with Gasteiger partial charge < -0.3 is 14.7 Å². The quantitative estimate of drug-likeness (QED) is 0.247. The average Bonchev–Trinajstić information content (AvgIpc) is 3.53. The van der Waals surface area contributed by atoms with Crippen LogP contribution in [0, 0.1) is 17.0 Å². The highest BCUT2D eigenvalue weighted by molar-refractivity contribution is 7.26. The molecule has 0 saturated carbocycles. The molecule has 174 valence electrons. The summed E-state index contributed by atoms with van der Waals surface area (Å²) in [7, 11) is 0. The van der Waals surface area contributed by atoms with E-state index in [9.17, 15) is 18.9 Å². The van der Waals surface area contributed by atoms with Gasteiger partial charge in [-0.1, -0.05) is 30.3 Å². The Morgan fingerprint density at radius 2 is 1.97 bits per heavy atom. The van der Waals surface area contributed by atoms with E-state index < -0.39 is 11.3 Å². The molecule has 0 radical (unpaired) electrons. The third-order valence-corrected chi connectivity index (χ3v) is 6.67. The van der Waals surface area contributed by atoms with Crippen molar-refractivity contribution in [1.82, 2.24) is 34.1 Å². The van der Waals surface area contributed by atoms with Crippen LogP contribution in [-0.4, -0.2) is 39.0 Å². The van der Waals surface area contributed by atoms with E-state index in [0.29, 0.717) is 43.3 Å². The summed E-state index contributed by atoms with van der Waals surface area (Å²) in [6, 6.07) is 10.7. The SMILES string of the molecule is Cc1nc([N+](=O)[O-])cn1Cc1nc2c3sc4nc(C(F)F)cc(-c5ccccc5)c4c3ncn2n1. The molecule has 0 saturated heterocycles. The molecule has 13 heteroatoms. The number of thiophene rings is 1. The monoisotopic (exact) mass is 492 g/mol. The van der Waals surface area contributed by atoms with Gasteiger partial charge in [0.1, 0.15) is 27.7 Å². The highest BCUT2D eigenvalue weighted by atomic mass is 32.1. The van der Waals surface area contributed by atoms with Crippen molar-refractivity contribution in [3.8, 4) is 11.1 Å². The largest absolute Gasteiger partial charge is 0.381 e. The molecule has 0 spiro atoms. The molecule has 0 unspecified atom stereocenters. The normalized spacial score (nSPS) is 11.9. The summed E-state index contributed by atoms with van der Waals surface area (Å²) in [5, 5.41) is 16.1. The number of hydrogen-bond donors (Lipinski definition) is 0. The zero-order chi connectivity index (χ0) is 24.3. The number of benzene rings is 1. The molecule has 0 aliphatic rings. The molecule has 0 bridgehead atoms. The van der Waals surface area contributed by atoms with Gasteiger partial charge >= 0.3 is 5.82 Å². The number of nitrogens with zero attached hydrogens (tertiary/aromatic N) is 8. The van der Waals surface area contributed by atoms with E-state index in [1.54, 1.807) is 11.5 Å². The number of imidazole rings is 1. The molecule has 6 rings (SSSR count). The van der Waals surface area contributed by atoms with Crippen LogP contribution < -0.4 is 0 Å². The number of rotatable bonds is 5.